The number of nitrogens with zero attached hydrogens (tertiary/aromatic N) is 2. The number of hydrogen-bond acceptors (Lipinski definition) is 4. The van der Waals surface area contributed by atoms with E-state index in [9.17, 15) is 14.0 Å². The van der Waals surface area contributed by atoms with Crippen molar-refractivity contribution >= 4 is 11.8 Å². The Balaban J connectivity index is 1.11. The summed E-state index contributed by atoms with van der Waals surface area (Å²) in [5.41, 5.74) is 0. The van der Waals surface area contributed by atoms with Crippen LogP contribution in [0.15, 0.2) is 0 Å². The molecule has 8 atom stereocenters. The minimum absolute atomic E-state index is 0.00882. The number of halogens is 1. The summed E-state index contributed by atoms with van der Waals surface area (Å²) in [7, 11) is 1.98. The first-order valence-corrected chi connectivity index (χ1v) is 13.1. The molecule has 7 heteroatoms. The second-order valence-electron chi connectivity index (χ2n) is 11.4. The summed E-state index contributed by atoms with van der Waals surface area (Å²) in [6.45, 7) is 4.19. The third-order valence-electron chi connectivity index (χ3n) is 9.18. The second-order valence-corrected chi connectivity index (χ2v) is 11.4. The molecule has 6 unspecified atom stereocenters. The fraction of sp³-hybridized carbons (Fsp3) is 0.920. The summed E-state index contributed by atoms with van der Waals surface area (Å²) >= 11 is 0. The largest absolute Gasteiger partial charge is 0.352 e. The highest BCUT2D eigenvalue weighted by molar-refractivity contribution is 5.82. The first-order valence-electron chi connectivity index (χ1n) is 13.1. The van der Waals surface area contributed by atoms with Crippen LogP contribution in [0.4, 0.5) is 4.39 Å². The van der Waals surface area contributed by atoms with E-state index in [-0.39, 0.29) is 35.9 Å². The lowest BCUT2D eigenvalue weighted by atomic mass is 9.77. The van der Waals surface area contributed by atoms with E-state index in [0.29, 0.717) is 36.8 Å². The van der Waals surface area contributed by atoms with Crippen LogP contribution in [0, 0.1) is 17.8 Å². The van der Waals surface area contributed by atoms with E-state index in [1.54, 1.807) is 0 Å². The average molecular weight is 449 g/mol. The topological polar surface area (TPSA) is 64.7 Å². The fourth-order valence-corrected chi connectivity index (χ4v) is 6.94. The van der Waals surface area contributed by atoms with Crippen LogP contribution in [0.1, 0.15) is 71.1 Å². The summed E-state index contributed by atoms with van der Waals surface area (Å²) in [6.07, 6.45) is 8.90. The molecule has 0 aromatic heterocycles. The number of amides is 2. The van der Waals surface area contributed by atoms with Crippen molar-refractivity contribution in [2.45, 2.75) is 108 Å². The Labute approximate surface area is 192 Å². The van der Waals surface area contributed by atoms with Crippen LogP contribution >= 0.6 is 0 Å². The predicted octanol–water partition coefficient (Wildman–Crippen LogP) is 2.47. The SMILES string of the molecule is CC1CCC(F)C2CC(C(=O)N[C@@H]3CCC[C@@H](N4CCC(N(C)C(=O)C5CC5)C4)C3)NC12. The molecule has 32 heavy (non-hydrogen) atoms. The maximum Gasteiger partial charge on any atom is 0.237 e. The van der Waals surface area contributed by atoms with Gasteiger partial charge in [0.1, 0.15) is 6.17 Å². The Bertz CT molecular complexity index is 698. The third-order valence-corrected chi connectivity index (χ3v) is 9.18. The molecule has 0 aromatic carbocycles. The van der Waals surface area contributed by atoms with Gasteiger partial charge in [0.05, 0.1) is 6.04 Å². The maximum atomic E-state index is 14.4. The van der Waals surface area contributed by atoms with Gasteiger partial charge in [-0.3, -0.25) is 14.5 Å². The van der Waals surface area contributed by atoms with E-state index >= 15 is 0 Å². The first-order chi connectivity index (χ1) is 15.4. The van der Waals surface area contributed by atoms with Gasteiger partial charge in [0, 0.05) is 56.1 Å². The van der Waals surface area contributed by atoms with Crippen LogP contribution in [0.25, 0.3) is 0 Å². The molecule has 5 aliphatic rings. The van der Waals surface area contributed by atoms with Crippen molar-refractivity contribution in [1.82, 2.24) is 20.4 Å². The lowest BCUT2D eigenvalue weighted by Crippen LogP contribution is -2.51. The van der Waals surface area contributed by atoms with Gasteiger partial charge in [-0.05, 0) is 70.1 Å². The van der Waals surface area contributed by atoms with Gasteiger partial charge in [0.2, 0.25) is 11.8 Å². The molecule has 6 nitrogen and oxygen atoms in total. The van der Waals surface area contributed by atoms with Gasteiger partial charge in [-0.2, -0.15) is 0 Å². The van der Waals surface area contributed by atoms with Crippen LogP contribution in [0.2, 0.25) is 0 Å². The third kappa shape index (κ3) is 4.56. The lowest BCUT2D eigenvalue weighted by Gasteiger charge is -2.36. The molecule has 0 aromatic rings. The van der Waals surface area contributed by atoms with E-state index < -0.39 is 6.17 Å². The fourth-order valence-electron chi connectivity index (χ4n) is 6.94. The van der Waals surface area contributed by atoms with Gasteiger partial charge in [-0.15, -0.1) is 0 Å². The summed E-state index contributed by atoms with van der Waals surface area (Å²) in [6, 6.07) is 0.916. The van der Waals surface area contributed by atoms with Crippen molar-refractivity contribution in [2.75, 3.05) is 20.1 Å². The Hall–Kier alpha value is -1.21. The summed E-state index contributed by atoms with van der Waals surface area (Å²) in [5, 5.41) is 6.79. The smallest absolute Gasteiger partial charge is 0.237 e. The van der Waals surface area contributed by atoms with Gasteiger partial charge >= 0.3 is 0 Å². The molecule has 0 bridgehead atoms. The number of likely N-dealkylation sites (N-methyl/N-ethyl adjacent to an activating group) is 1. The van der Waals surface area contributed by atoms with Crippen LogP contribution in [-0.2, 0) is 9.59 Å². The minimum Gasteiger partial charge on any atom is -0.352 e. The molecule has 5 rings (SSSR count). The zero-order chi connectivity index (χ0) is 22.4. The number of carbonyl (C=O) groups is 2. The van der Waals surface area contributed by atoms with Crippen LogP contribution in [-0.4, -0.2) is 78.1 Å². The molecule has 0 radical (unpaired) electrons. The molecular formula is C25H41FN4O2. The molecule has 3 aliphatic carbocycles. The highest BCUT2D eigenvalue weighted by Crippen LogP contribution is 2.39. The number of nitrogens with one attached hydrogen (secondary N) is 2. The zero-order valence-corrected chi connectivity index (χ0v) is 19.8. The molecule has 2 aliphatic heterocycles. The van der Waals surface area contributed by atoms with Crippen molar-refractivity contribution in [3.63, 3.8) is 0 Å². The van der Waals surface area contributed by atoms with Crippen molar-refractivity contribution in [1.29, 1.82) is 0 Å². The maximum absolute atomic E-state index is 14.4. The van der Waals surface area contributed by atoms with Gasteiger partial charge in [-0.1, -0.05) is 6.92 Å². The summed E-state index contributed by atoms with van der Waals surface area (Å²) in [5.74, 6) is 1.12. The molecule has 180 valence electrons. The van der Waals surface area contributed by atoms with Crippen LogP contribution < -0.4 is 10.6 Å². The van der Waals surface area contributed by atoms with Gasteiger partial charge in [-0.25, -0.2) is 4.39 Å². The Morgan fingerprint density at radius 2 is 1.88 bits per heavy atom. The second kappa shape index (κ2) is 9.21. The highest BCUT2D eigenvalue weighted by Gasteiger charge is 2.46. The number of fused-ring (bicyclic) bond motifs is 1. The van der Waals surface area contributed by atoms with Crippen molar-refractivity contribution < 1.29 is 14.0 Å². The molecule has 2 amide bonds. The number of alkyl halides is 1. The van der Waals surface area contributed by atoms with Crippen molar-refractivity contribution in [3.8, 4) is 0 Å². The number of rotatable bonds is 5. The molecule has 2 saturated heterocycles. The highest BCUT2D eigenvalue weighted by atomic mass is 19.1. The summed E-state index contributed by atoms with van der Waals surface area (Å²) < 4.78 is 14.4. The Kier molecular flexibility index (Phi) is 6.49. The number of carbonyl (C=O) groups excluding carboxylic acids is 2. The van der Waals surface area contributed by atoms with E-state index in [1.807, 2.05) is 11.9 Å². The minimum atomic E-state index is -0.770. The normalized spacial score (nSPS) is 42.5. The zero-order valence-electron chi connectivity index (χ0n) is 19.8. The van der Waals surface area contributed by atoms with Gasteiger partial charge in [0.15, 0.2) is 0 Å². The molecular weight excluding hydrogens is 407 g/mol. The van der Waals surface area contributed by atoms with Gasteiger partial charge < -0.3 is 15.5 Å². The predicted molar refractivity (Wildman–Crippen MR) is 122 cm³/mol. The van der Waals surface area contributed by atoms with Gasteiger partial charge in [0.25, 0.3) is 0 Å². The Morgan fingerprint density at radius 3 is 2.62 bits per heavy atom. The molecule has 3 saturated carbocycles. The molecule has 2 heterocycles. The molecule has 5 fully saturated rings. The van der Waals surface area contributed by atoms with E-state index in [1.165, 1.54) is 6.42 Å². The first kappa shape index (κ1) is 22.6. The van der Waals surface area contributed by atoms with Crippen LogP contribution in [0.5, 0.6) is 0 Å². The summed E-state index contributed by atoms with van der Waals surface area (Å²) in [4.78, 5) is 30.0. The molecule has 2 N–H and O–H groups in total. The number of hydrogen-bond donors (Lipinski definition) is 2. The number of likely N-dealkylation sites (tertiary alicyclic amines) is 1. The average Bonchev–Trinajstić information content (AvgIpc) is 3.33. The molecule has 0 spiro atoms. The lowest BCUT2D eigenvalue weighted by molar-refractivity contribution is -0.133. The van der Waals surface area contributed by atoms with E-state index in [0.717, 1.165) is 58.0 Å². The van der Waals surface area contributed by atoms with E-state index in [4.69, 9.17) is 0 Å². The van der Waals surface area contributed by atoms with Crippen LogP contribution in [0.3, 0.4) is 0 Å². The standard InChI is InChI=1S/C25H41FN4O2/c1-15-6-9-21(26)20-13-22(28-23(15)20)24(31)27-17-4-3-5-18(12-17)30-11-10-19(14-30)29(2)25(32)16-7-8-16/h15-23,28H,3-14H2,1-2H3,(H,27,31)/t15?,17-,18-,19?,20?,21?,22?,23?/m1/s1. The van der Waals surface area contributed by atoms with Crippen molar-refractivity contribution in [3.05, 3.63) is 0 Å². The Morgan fingerprint density at radius 1 is 1.06 bits per heavy atom. The van der Waals surface area contributed by atoms with E-state index in [2.05, 4.69) is 22.5 Å². The van der Waals surface area contributed by atoms with Crippen molar-refractivity contribution in [2.24, 2.45) is 17.8 Å². The monoisotopic (exact) mass is 448 g/mol. The quantitative estimate of drug-likeness (QED) is 0.678.